The minimum atomic E-state index is -3.11. The van der Waals surface area contributed by atoms with Crippen LogP contribution in [0.15, 0.2) is 285 Å². The molecular formula is C68H47NOSi2. The van der Waals surface area contributed by atoms with Crippen molar-refractivity contribution in [3.63, 3.8) is 0 Å². The van der Waals surface area contributed by atoms with Crippen molar-refractivity contribution in [2.75, 3.05) is 4.90 Å². The molecule has 0 bridgehead atoms. The molecule has 2 aliphatic heterocycles. The summed E-state index contributed by atoms with van der Waals surface area (Å²) >= 11 is 0. The molecule has 0 aliphatic carbocycles. The summed E-state index contributed by atoms with van der Waals surface area (Å²) in [7, 11) is -6.08. The molecule has 0 saturated heterocycles. The fourth-order valence-corrected chi connectivity index (χ4v) is 24.8. The molecule has 1 spiro atoms. The molecule has 2 aliphatic rings. The van der Waals surface area contributed by atoms with Gasteiger partial charge in [0, 0.05) is 16.5 Å². The van der Waals surface area contributed by atoms with Gasteiger partial charge in [0.1, 0.15) is 11.5 Å². The van der Waals surface area contributed by atoms with Crippen LogP contribution in [0, 0.1) is 0 Å². The molecule has 14 rings (SSSR count). The van der Waals surface area contributed by atoms with Gasteiger partial charge in [-0.15, -0.1) is 0 Å². The van der Waals surface area contributed by atoms with Crippen LogP contribution in [-0.2, 0) is 0 Å². The number of ether oxygens (including phenoxy) is 1. The van der Waals surface area contributed by atoms with E-state index in [0.29, 0.717) is 0 Å². The van der Waals surface area contributed by atoms with E-state index >= 15 is 0 Å². The standard InChI is InChI=1S/C68H47NOSi2/c1-4-21-48(22-5-1)49-39-42-52(43-40-49)69(59-32-20-24-50-23-10-11-29-56(50)59)60-45-44-55(57-30-12-13-31-58(57)60)51-41-46-67-68(47-51)72(63-35-16-14-33-61(63)70-62-34-15-17-36-64(62)72)66-38-19-18-37-65(66)71(67,53-25-6-2-7-26-53)54-27-8-3-9-28-54/h1-47H. The smallest absolute Gasteiger partial charge is 0.188 e. The molecule has 0 N–H and O–H groups in total. The van der Waals surface area contributed by atoms with Crippen LogP contribution in [0.3, 0.4) is 0 Å². The third kappa shape index (κ3) is 6.26. The zero-order chi connectivity index (χ0) is 47.6. The lowest BCUT2D eigenvalue weighted by Crippen LogP contribution is -2.93. The van der Waals surface area contributed by atoms with Crippen LogP contribution < -0.4 is 51.1 Å². The Kier molecular flexibility index (Phi) is 9.92. The summed E-state index contributed by atoms with van der Waals surface area (Å²) in [5.41, 5.74) is 8.17. The van der Waals surface area contributed by atoms with Gasteiger partial charge in [0.2, 0.25) is 0 Å². The molecule has 0 saturated carbocycles. The summed E-state index contributed by atoms with van der Waals surface area (Å²) in [6.07, 6.45) is 0. The topological polar surface area (TPSA) is 12.5 Å². The second kappa shape index (κ2) is 17.0. The minimum Gasteiger partial charge on any atom is -0.458 e. The van der Waals surface area contributed by atoms with Gasteiger partial charge in [-0.1, -0.05) is 249 Å². The van der Waals surface area contributed by atoms with Crippen molar-refractivity contribution in [2.45, 2.75) is 0 Å². The quantitative estimate of drug-likeness (QED) is 0.148. The van der Waals surface area contributed by atoms with E-state index < -0.39 is 16.1 Å². The molecule has 338 valence electrons. The second-order valence-electron chi connectivity index (χ2n) is 19.1. The average molecular weight is 950 g/mol. The third-order valence-corrected chi connectivity index (χ3v) is 25.8. The Hall–Kier alpha value is -8.81. The Balaban J connectivity index is 1.05. The van der Waals surface area contributed by atoms with Gasteiger partial charge in [0.05, 0.1) is 11.4 Å². The van der Waals surface area contributed by atoms with Crippen LogP contribution in [0.25, 0.3) is 43.8 Å². The Morgan fingerprint density at radius 2 is 0.750 bits per heavy atom. The van der Waals surface area contributed by atoms with Crippen molar-refractivity contribution in [1.82, 2.24) is 0 Å². The minimum absolute atomic E-state index is 0.947. The zero-order valence-corrected chi connectivity index (χ0v) is 41.5. The fraction of sp³-hybridized carbons (Fsp3) is 0. The van der Waals surface area contributed by atoms with E-state index in [1.54, 1.807) is 0 Å². The van der Waals surface area contributed by atoms with Crippen molar-refractivity contribution in [1.29, 1.82) is 0 Å². The summed E-state index contributed by atoms with van der Waals surface area (Å²) in [6, 6.07) is 107. The SMILES string of the molecule is c1ccc(-c2ccc(N(c3cccc4ccccc34)c3ccc(-c4ccc5c(c4)[Si]4(c6ccccc6Oc6ccccc64)c4ccccc4[Si]5(c4ccccc4)c4ccccc4)c4ccccc34)cc2)cc1. The molecule has 0 fully saturated rings. The Morgan fingerprint density at radius 1 is 0.278 bits per heavy atom. The largest absolute Gasteiger partial charge is 0.458 e. The number of rotatable bonds is 7. The number of hydrogen-bond donors (Lipinski definition) is 0. The summed E-state index contributed by atoms with van der Waals surface area (Å²) in [5.74, 6) is 1.89. The van der Waals surface area contributed by atoms with Crippen molar-refractivity contribution >= 4 is 96.2 Å². The van der Waals surface area contributed by atoms with E-state index in [2.05, 4.69) is 290 Å². The van der Waals surface area contributed by atoms with Crippen LogP contribution in [0.5, 0.6) is 11.5 Å². The van der Waals surface area contributed by atoms with E-state index in [1.807, 2.05) is 0 Å². The highest BCUT2D eigenvalue weighted by molar-refractivity contribution is 7.33. The highest BCUT2D eigenvalue weighted by atomic mass is 28.3. The number of anilines is 3. The maximum atomic E-state index is 6.93. The summed E-state index contributed by atoms with van der Waals surface area (Å²) in [4.78, 5) is 2.46. The van der Waals surface area contributed by atoms with E-state index in [4.69, 9.17) is 4.74 Å². The van der Waals surface area contributed by atoms with Crippen molar-refractivity contribution in [2.24, 2.45) is 0 Å². The monoisotopic (exact) mass is 949 g/mol. The molecule has 0 amide bonds. The number of para-hydroxylation sites is 2. The van der Waals surface area contributed by atoms with Gasteiger partial charge in [-0.3, -0.25) is 0 Å². The molecule has 0 atom stereocenters. The van der Waals surface area contributed by atoms with E-state index in [1.165, 1.54) is 85.3 Å². The molecule has 2 heterocycles. The first-order valence-corrected chi connectivity index (χ1v) is 28.9. The first-order chi connectivity index (χ1) is 35.7. The van der Waals surface area contributed by atoms with Gasteiger partial charge in [-0.25, -0.2) is 0 Å². The first-order valence-electron chi connectivity index (χ1n) is 24.9. The Bertz CT molecular complexity index is 3930. The van der Waals surface area contributed by atoms with Crippen LogP contribution in [0.4, 0.5) is 17.1 Å². The van der Waals surface area contributed by atoms with Crippen molar-refractivity contribution < 1.29 is 4.74 Å². The zero-order valence-electron chi connectivity index (χ0n) is 39.5. The highest BCUT2D eigenvalue weighted by Crippen LogP contribution is 2.45. The molecule has 0 unspecified atom stereocenters. The lowest BCUT2D eigenvalue weighted by atomic mass is 9.96. The number of benzene rings is 12. The third-order valence-electron chi connectivity index (χ3n) is 15.5. The second-order valence-corrected chi connectivity index (χ2v) is 26.4. The maximum absolute atomic E-state index is 6.93. The van der Waals surface area contributed by atoms with Gasteiger partial charge >= 0.3 is 0 Å². The Morgan fingerprint density at radius 3 is 1.42 bits per heavy atom. The molecule has 12 aromatic carbocycles. The summed E-state index contributed by atoms with van der Waals surface area (Å²) in [6.45, 7) is 0. The normalized spacial score (nSPS) is 13.6. The van der Waals surface area contributed by atoms with Crippen molar-refractivity contribution in [3.05, 3.63) is 285 Å². The lowest BCUT2D eigenvalue weighted by molar-refractivity contribution is 0.487. The van der Waals surface area contributed by atoms with Crippen LogP contribution in [0.2, 0.25) is 0 Å². The number of nitrogens with zero attached hydrogens (tertiary/aromatic N) is 1. The van der Waals surface area contributed by atoms with Crippen LogP contribution in [-0.4, -0.2) is 16.1 Å². The predicted molar refractivity (Wildman–Crippen MR) is 308 cm³/mol. The average Bonchev–Trinajstić information content (AvgIpc) is 3.47. The lowest BCUT2D eigenvalue weighted by Gasteiger charge is -2.50. The van der Waals surface area contributed by atoms with E-state index in [9.17, 15) is 0 Å². The van der Waals surface area contributed by atoms with Gasteiger partial charge in [-0.2, -0.15) is 0 Å². The maximum Gasteiger partial charge on any atom is 0.188 e. The molecule has 4 heteroatoms. The molecule has 2 nitrogen and oxygen atoms in total. The highest BCUT2D eigenvalue weighted by Gasteiger charge is 2.59. The predicted octanol–water partition coefficient (Wildman–Crippen LogP) is 12.0. The number of hydrogen-bond acceptors (Lipinski definition) is 2. The molecule has 12 aromatic rings. The molecule has 0 radical (unpaired) electrons. The van der Waals surface area contributed by atoms with E-state index in [-0.39, 0.29) is 0 Å². The fourth-order valence-electron chi connectivity index (χ4n) is 12.5. The molecular weight excluding hydrogens is 903 g/mol. The summed E-state index contributed by atoms with van der Waals surface area (Å²) < 4.78 is 6.93. The molecule has 72 heavy (non-hydrogen) atoms. The first kappa shape index (κ1) is 42.1. The Labute approximate surface area is 422 Å². The number of fused-ring (bicyclic) bond motifs is 10. The van der Waals surface area contributed by atoms with E-state index in [0.717, 1.165) is 28.6 Å². The van der Waals surface area contributed by atoms with Gasteiger partial charge < -0.3 is 9.64 Å². The van der Waals surface area contributed by atoms with Crippen molar-refractivity contribution in [3.8, 4) is 33.8 Å². The summed E-state index contributed by atoms with van der Waals surface area (Å²) in [5, 5.41) is 15.9. The van der Waals surface area contributed by atoms with Gasteiger partial charge in [0.15, 0.2) is 16.1 Å². The van der Waals surface area contributed by atoms with Crippen LogP contribution >= 0.6 is 0 Å². The van der Waals surface area contributed by atoms with Crippen LogP contribution in [0.1, 0.15) is 0 Å². The van der Waals surface area contributed by atoms with Gasteiger partial charge in [-0.05, 0) is 111 Å². The van der Waals surface area contributed by atoms with Gasteiger partial charge in [0.25, 0.3) is 0 Å². The molecule has 0 aromatic heterocycles.